The van der Waals surface area contributed by atoms with Gasteiger partial charge in [0, 0.05) is 7.05 Å². The fraction of sp³-hybridized carbons (Fsp3) is 0.235. The van der Waals surface area contributed by atoms with Gasteiger partial charge in [0.15, 0.2) is 6.61 Å². The van der Waals surface area contributed by atoms with Crippen molar-refractivity contribution in [3.05, 3.63) is 54.1 Å². The van der Waals surface area contributed by atoms with Gasteiger partial charge in [0.2, 0.25) is 10.0 Å². The Morgan fingerprint density at radius 3 is 2.62 bits per heavy atom. The summed E-state index contributed by atoms with van der Waals surface area (Å²) < 4.78 is 32.7. The number of para-hydroxylation sites is 1. The first-order valence-electron chi connectivity index (χ1n) is 7.53. The Morgan fingerprint density at radius 1 is 1.12 bits per heavy atom. The number of rotatable bonds is 5. The number of anilines is 2. The minimum absolute atomic E-state index is 0.0425. The molecule has 6 nitrogen and oxygen atoms in total. The van der Waals surface area contributed by atoms with Crippen LogP contribution >= 0.6 is 0 Å². The number of amides is 1. The van der Waals surface area contributed by atoms with Gasteiger partial charge in [0.05, 0.1) is 11.4 Å². The zero-order valence-electron chi connectivity index (χ0n) is 13.2. The largest absolute Gasteiger partial charge is 0.481 e. The van der Waals surface area contributed by atoms with Gasteiger partial charge in [-0.05, 0) is 24.1 Å². The third-order valence-corrected chi connectivity index (χ3v) is 5.10. The molecule has 1 aliphatic rings. The molecule has 0 spiro atoms. The summed E-state index contributed by atoms with van der Waals surface area (Å²) >= 11 is 0. The van der Waals surface area contributed by atoms with E-state index in [1.165, 1.54) is 4.90 Å². The lowest BCUT2D eigenvalue weighted by molar-refractivity contribution is -0.120. The molecule has 0 atom stereocenters. The van der Waals surface area contributed by atoms with E-state index in [1.807, 2.05) is 30.3 Å². The second-order valence-corrected chi connectivity index (χ2v) is 7.39. The number of hydrogen-bond donors (Lipinski definition) is 1. The Kier molecular flexibility index (Phi) is 4.44. The van der Waals surface area contributed by atoms with Gasteiger partial charge in [-0.3, -0.25) is 9.52 Å². The number of carbonyl (C=O) groups excluding carboxylic acids is 1. The Bertz CT molecular complexity index is 850. The lowest BCUT2D eigenvalue weighted by Crippen LogP contribution is -2.36. The standard InChI is InChI=1S/C17H18N2O4S/c1-19-16(20)12-23-15-9-5-8-14(17(15)19)18-24(21,22)11-10-13-6-3-2-4-7-13/h2-9,18H,10-12H2,1H3. The van der Waals surface area contributed by atoms with E-state index in [9.17, 15) is 13.2 Å². The Morgan fingerprint density at radius 2 is 1.88 bits per heavy atom. The van der Waals surface area contributed by atoms with E-state index in [-0.39, 0.29) is 18.3 Å². The van der Waals surface area contributed by atoms with Crippen molar-refractivity contribution < 1.29 is 17.9 Å². The van der Waals surface area contributed by atoms with Crippen molar-refractivity contribution in [2.24, 2.45) is 0 Å². The van der Waals surface area contributed by atoms with Crippen molar-refractivity contribution in [2.75, 3.05) is 29.0 Å². The van der Waals surface area contributed by atoms with Crippen LogP contribution in [0.1, 0.15) is 5.56 Å². The Hall–Kier alpha value is -2.54. The number of benzene rings is 2. The summed E-state index contributed by atoms with van der Waals surface area (Å²) in [6.45, 7) is -0.0479. The van der Waals surface area contributed by atoms with E-state index in [4.69, 9.17) is 4.74 Å². The van der Waals surface area contributed by atoms with E-state index in [1.54, 1.807) is 25.2 Å². The molecular formula is C17H18N2O4S. The summed E-state index contributed by atoms with van der Waals surface area (Å²) in [5.41, 5.74) is 1.74. The van der Waals surface area contributed by atoms with Gasteiger partial charge in [0.25, 0.3) is 5.91 Å². The molecule has 0 bridgehead atoms. The lowest BCUT2D eigenvalue weighted by Gasteiger charge is -2.28. The van der Waals surface area contributed by atoms with Gasteiger partial charge < -0.3 is 9.64 Å². The average Bonchev–Trinajstić information content (AvgIpc) is 2.57. The van der Waals surface area contributed by atoms with Crippen LogP contribution in [-0.2, 0) is 21.2 Å². The van der Waals surface area contributed by atoms with Crippen molar-refractivity contribution in [3.8, 4) is 5.75 Å². The monoisotopic (exact) mass is 346 g/mol. The number of ether oxygens (including phenoxy) is 1. The maximum absolute atomic E-state index is 12.4. The maximum Gasteiger partial charge on any atom is 0.264 e. The molecule has 0 saturated carbocycles. The van der Waals surface area contributed by atoms with Crippen LogP contribution in [0.15, 0.2) is 48.5 Å². The lowest BCUT2D eigenvalue weighted by atomic mass is 10.2. The molecule has 0 radical (unpaired) electrons. The summed E-state index contributed by atoms with van der Waals surface area (Å²) in [4.78, 5) is 13.2. The van der Waals surface area contributed by atoms with Gasteiger partial charge in [-0.25, -0.2) is 8.42 Å². The van der Waals surface area contributed by atoms with Crippen LogP contribution in [0, 0.1) is 0 Å². The van der Waals surface area contributed by atoms with Crippen molar-refractivity contribution in [1.29, 1.82) is 0 Å². The number of nitrogens with zero attached hydrogens (tertiary/aromatic N) is 1. The first kappa shape index (κ1) is 16.3. The molecule has 1 amide bonds. The number of aryl methyl sites for hydroxylation is 1. The van der Waals surface area contributed by atoms with E-state index >= 15 is 0 Å². The predicted octanol–water partition coefficient (Wildman–Crippen LogP) is 2.03. The molecule has 126 valence electrons. The zero-order valence-corrected chi connectivity index (χ0v) is 14.0. The van der Waals surface area contributed by atoms with Gasteiger partial charge in [-0.1, -0.05) is 36.4 Å². The Labute approximate surface area is 141 Å². The van der Waals surface area contributed by atoms with Crippen LogP contribution < -0.4 is 14.4 Å². The van der Waals surface area contributed by atoms with Crippen LogP contribution in [0.3, 0.4) is 0 Å². The molecule has 3 rings (SSSR count). The minimum Gasteiger partial charge on any atom is -0.481 e. The first-order valence-corrected chi connectivity index (χ1v) is 9.18. The fourth-order valence-corrected chi connectivity index (χ4v) is 3.65. The van der Waals surface area contributed by atoms with E-state index in [0.29, 0.717) is 23.5 Å². The van der Waals surface area contributed by atoms with E-state index in [2.05, 4.69) is 4.72 Å². The van der Waals surface area contributed by atoms with Gasteiger partial charge >= 0.3 is 0 Å². The highest BCUT2D eigenvalue weighted by Gasteiger charge is 2.26. The minimum atomic E-state index is -3.55. The third kappa shape index (κ3) is 3.51. The maximum atomic E-state index is 12.4. The fourth-order valence-electron chi connectivity index (χ4n) is 2.54. The van der Waals surface area contributed by atoms with Crippen molar-refractivity contribution in [3.63, 3.8) is 0 Å². The molecule has 0 unspecified atom stereocenters. The highest BCUT2D eigenvalue weighted by Crippen LogP contribution is 2.38. The average molecular weight is 346 g/mol. The molecule has 0 fully saturated rings. The van der Waals surface area contributed by atoms with Gasteiger partial charge in [-0.2, -0.15) is 0 Å². The second kappa shape index (κ2) is 6.52. The molecule has 0 aromatic heterocycles. The molecule has 2 aromatic rings. The summed E-state index contributed by atoms with van der Waals surface area (Å²) in [6.07, 6.45) is 0.413. The number of nitrogens with one attached hydrogen (secondary N) is 1. The molecule has 0 aliphatic carbocycles. The molecule has 7 heteroatoms. The molecule has 2 aromatic carbocycles. The van der Waals surface area contributed by atoms with Crippen molar-refractivity contribution in [2.45, 2.75) is 6.42 Å². The van der Waals surface area contributed by atoms with Gasteiger partial charge in [-0.15, -0.1) is 0 Å². The normalized spacial score (nSPS) is 14.0. The predicted molar refractivity (Wildman–Crippen MR) is 92.9 cm³/mol. The summed E-state index contributed by atoms with van der Waals surface area (Å²) in [5.74, 6) is 0.220. The zero-order chi connectivity index (χ0) is 17.2. The number of likely N-dealkylation sites (N-methyl/N-ethyl adjacent to an activating group) is 1. The van der Waals surface area contributed by atoms with Crippen LogP contribution in [-0.4, -0.2) is 33.7 Å². The smallest absolute Gasteiger partial charge is 0.264 e. The van der Waals surface area contributed by atoms with Gasteiger partial charge in [0.1, 0.15) is 11.4 Å². The molecule has 1 heterocycles. The van der Waals surface area contributed by atoms with Crippen molar-refractivity contribution in [1.82, 2.24) is 0 Å². The SMILES string of the molecule is CN1C(=O)COc2cccc(NS(=O)(=O)CCc3ccccc3)c21. The van der Waals surface area contributed by atoms with Crippen LogP contribution in [0.4, 0.5) is 11.4 Å². The van der Waals surface area contributed by atoms with E-state index in [0.717, 1.165) is 5.56 Å². The summed E-state index contributed by atoms with van der Waals surface area (Å²) in [6, 6.07) is 14.4. The molecule has 0 saturated heterocycles. The molecule has 24 heavy (non-hydrogen) atoms. The Balaban J connectivity index is 1.79. The highest BCUT2D eigenvalue weighted by atomic mass is 32.2. The summed E-state index contributed by atoms with van der Waals surface area (Å²) in [7, 11) is -1.95. The number of hydrogen-bond acceptors (Lipinski definition) is 4. The van der Waals surface area contributed by atoms with Crippen LogP contribution in [0.2, 0.25) is 0 Å². The second-order valence-electron chi connectivity index (χ2n) is 5.55. The first-order chi connectivity index (χ1) is 11.5. The molecule has 1 N–H and O–H groups in total. The van der Waals surface area contributed by atoms with Crippen LogP contribution in [0.5, 0.6) is 5.75 Å². The van der Waals surface area contributed by atoms with Crippen molar-refractivity contribution >= 4 is 27.3 Å². The number of sulfonamides is 1. The quantitative estimate of drug-likeness (QED) is 0.899. The number of fused-ring (bicyclic) bond motifs is 1. The number of carbonyl (C=O) groups is 1. The topological polar surface area (TPSA) is 75.7 Å². The van der Waals surface area contributed by atoms with Crippen LogP contribution in [0.25, 0.3) is 0 Å². The highest BCUT2D eigenvalue weighted by molar-refractivity contribution is 7.92. The summed E-state index contributed by atoms with van der Waals surface area (Å²) in [5, 5.41) is 0. The van der Waals surface area contributed by atoms with E-state index < -0.39 is 10.0 Å². The third-order valence-electron chi connectivity index (χ3n) is 3.83. The molecule has 1 aliphatic heterocycles. The molecular weight excluding hydrogens is 328 g/mol.